The van der Waals surface area contributed by atoms with Crippen LogP contribution in [-0.2, 0) is 22.6 Å². The van der Waals surface area contributed by atoms with Crippen LogP contribution in [0.25, 0.3) is 4.83 Å². The van der Waals surface area contributed by atoms with E-state index in [1.807, 2.05) is 18.3 Å². The van der Waals surface area contributed by atoms with E-state index in [1.54, 1.807) is 18.7 Å². The van der Waals surface area contributed by atoms with Gasteiger partial charge in [-0.1, -0.05) is 18.3 Å². The number of carbonyl (C=O) groups excluding carboxylic acids is 1. The summed E-state index contributed by atoms with van der Waals surface area (Å²) in [5, 5.41) is 23.8. The maximum absolute atomic E-state index is 12.6. The number of rotatable bonds is 8. The number of thiazole rings is 1. The molecule has 0 bridgehead atoms. The third-order valence-electron chi connectivity index (χ3n) is 8.16. The summed E-state index contributed by atoms with van der Waals surface area (Å²) in [7, 11) is 0. The van der Waals surface area contributed by atoms with Crippen molar-refractivity contribution in [2.24, 2.45) is 17.8 Å². The van der Waals surface area contributed by atoms with E-state index in [0.717, 1.165) is 36.8 Å². The molecule has 4 aliphatic rings. The minimum Gasteiger partial charge on any atom is -0.477 e. The van der Waals surface area contributed by atoms with Gasteiger partial charge in [0, 0.05) is 46.9 Å². The number of aliphatic hydroxyl groups is 1. The van der Waals surface area contributed by atoms with E-state index in [0.29, 0.717) is 6.04 Å². The second-order valence-corrected chi connectivity index (χ2v) is 13.2. The predicted octanol–water partition coefficient (Wildman–Crippen LogP) is 2.17. The van der Waals surface area contributed by atoms with E-state index in [4.69, 9.17) is 0 Å². The van der Waals surface area contributed by atoms with Crippen molar-refractivity contribution in [2.45, 2.75) is 76.4 Å². The first-order valence-corrected chi connectivity index (χ1v) is 14.3. The second-order valence-electron chi connectivity index (χ2n) is 10.7. The minimum atomic E-state index is -1.05. The maximum Gasteiger partial charge on any atom is 0.353 e. The molecule has 2 aromatic heterocycles. The van der Waals surface area contributed by atoms with Gasteiger partial charge in [-0.25, -0.2) is 9.36 Å². The van der Waals surface area contributed by atoms with Gasteiger partial charge in [-0.2, -0.15) is 4.40 Å². The number of nitrogens with one attached hydrogen (secondary N) is 1. The molecule has 6 atom stereocenters. The Kier molecular flexibility index (Phi) is 5.78. The number of nitrogens with zero attached hydrogens (tertiary/aromatic N) is 3. The van der Waals surface area contributed by atoms with Gasteiger partial charge < -0.3 is 20.4 Å². The highest BCUT2D eigenvalue weighted by Gasteiger charge is 2.60. The Morgan fingerprint density at radius 2 is 2.17 bits per heavy atom. The normalized spacial score (nSPS) is 31.4. The van der Waals surface area contributed by atoms with Crippen LogP contribution >= 0.6 is 23.1 Å². The van der Waals surface area contributed by atoms with Gasteiger partial charge >= 0.3 is 5.97 Å². The van der Waals surface area contributed by atoms with Crippen molar-refractivity contribution in [1.82, 2.24) is 14.6 Å². The Morgan fingerprint density at radius 1 is 1.40 bits per heavy atom. The average Bonchev–Trinajstić information content (AvgIpc) is 3.12. The van der Waals surface area contributed by atoms with Gasteiger partial charge in [0.2, 0.25) is 10.7 Å². The second kappa shape index (κ2) is 8.61. The smallest absolute Gasteiger partial charge is 0.353 e. The van der Waals surface area contributed by atoms with Crippen LogP contribution in [0.2, 0.25) is 0 Å². The third-order valence-corrected chi connectivity index (χ3v) is 10.7. The number of fused-ring (bicyclic) bond motifs is 2. The number of amides is 1. The molecule has 2 saturated heterocycles. The number of hydrogen-bond donors (Lipinski definition) is 3. The summed E-state index contributed by atoms with van der Waals surface area (Å²) in [6.07, 6.45) is 8.42. The van der Waals surface area contributed by atoms with Crippen molar-refractivity contribution in [3.8, 4) is 0 Å². The lowest BCUT2D eigenvalue weighted by Gasteiger charge is -2.46. The first-order chi connectivity index (χ1) is 16.7. The molecular formula is C25H33N4O4S2+. The Morgan fingerprint density at radius 3 is 2.83 bits per heavy atom. The van der Waals surface area contributed by atoms with Crippen LogP contribution < -0.4 is 9.88 Å². The summed E-state index contributed by atoms with van der Waals surface area (Å²) in [6.45, 7) is 7.75. The summed E-state index contributed by atoms with van der Waals surface area (Å²) in [5.74, 6) is 0.241. The largest absolute Gasteiger partial charge is 0.477 e. The summed E-state index contributed by atoms with van der Waals surface area (Å²) >= 11 is 3.47. The molecular weight excluding hydrogens is 484 g/mol. The lowest BCUT2D eigenvalue weighted by molar-refractivity contribution is -0.704. The molecule has 5 heterocycles. The van der Waals surface area contributed by atoms with E-state index >= 15 is 0 Å². The highest BCUT2D eigenvalue weighted by molar-refractivity contribution is 8.03. The lowest BCUT2D eigenvalue weighted by Crippen LogP contribution is -2.63. The fraction of sp³-hybridized carbons (Fsp3) is 0.640. The van der Waals surface area contributed by atoms with Crippen LogP contribution in [-0.4, -0.2) is 61.4 Å². The number of aliphatic hydroxyl groups excluding tert-OH is 1. The number of carbonyl (C=O) groups is 2. The molecule has 0 radical (unpaired) electrons. The van der Waals surface area contributed by atoms with Gasteiger partial charge in [0.25, 0.3) is 5.82 Å². The molecule has 0 spiro atoms. The number of β-lactam (4-membered cyclic amide) rings is 1. The number of hydrogen-bond acceptors (Lipinski definition) is 6. The van der Waals surface area contributed by atoms with Crippen molar-refractivity contribution in [3.63, 3.8) is 0 Å². The fourth-order valence-electron chi connectivity index (χ4n) is 6.11. The molecule has 2 aromatic rings. The SMILES string of the molecule is Cc1n2cc(C[C@@H]3C[C@H](SC4=C(C(=O)O)N5C(=O)[C@H]([C@@H](C)O)[C@H]5[C@H]4C)CN3)sc2c[n+]1CC1CC1. The number of aromatic nitrogens is 2. The Labute approximate surface area is 213 Å². The average molecular weight is 518 g/mol. The van der Waals surface area contributed by atoms with Crippen molar-refractivity contribution >= 4 is 39.8 Å². The predicted molar refractivity (Wildman–Crippen MR) is 134 cm³/mol. The van der Waals surface area contributed by atoms with E-state index in [1.165, 1.54) is 33.3 Å². The monoisotopic (exact) mass is 517 g/mol. The maximum atomic E-state index is 12.6. The molecule has 35 heavy (non-hydrogen) atoms. The van der Waals surface area contributed by atoms with Crippen LogP contribution in [0.5, 0.6) is 0 Å². The van der Waals surface area contributed by atoms with Gasteiger partial charge in [-0.3, -0.25) is 4.79 Å². The van der Waals surface area contributed by atoms with Crippen LogP contribution in [0.15, 0.2) is 23.0 Å². The topological polar surface area (TPSA) is 98.2 Å². The van der Waals surface area contributed by atoms with Crippen molar-refractivity contribution < 1.29 is 24.4 Å². The van der Waals surface area contributed by atoms with E-state index in [9.17, 15) is 19.8 Å². The summed E-state index contributed by atoms with van der Waals surface area (Å²) < 4.78 is 4.70. The molecule has 10 heteroatoms. The molecule has 1 amide bonds. The molecule has 1 aliphatic carbocycles. The zero-order chi connectivity index (χ0) is 24.6. The number of carboxylic acids is 1. The summed E-state index contributed by atoms with van der Waals surface area (Å²) in [4.78, 5) is 29.5. The van der Waals surface area contributed by atoms with Gasteiger partial charge in [0.15, 0.2) is 0 Å². The fourth-order valence-corrected chi connectivity index (χ4v) is 8.80. The molecule has 8 nitrogen and oxygen atoms in total. The third kappa shape index (κ3) is 3.93. The number of imidazole rings is 1. The summed E-state index contributed by atoms with van der Waals surface area (Å²) in [5.41, 5.74) is 0.126. The molecule has 3 fully saturated rings. The standard InChI is InChI=1S/C25H32N4O4S2/c1-12-21-20(13(2)30)24(31)29(21)22(25(32)33)23(12)35-17-6-16(26-8-17)7-18-10-28-14(3)27(9-15-4-5-15)11-19(28)34-18/h10-13,15-17,20-21,26,30H,4-9H2,1-3H3/p+1/t12-,13-,16+,17+,20-,21-/m1/s1. The van der Waals surface area contributed by atoms with Crippen LogP contribution in [0.4, 0.5) is 0 Å². The number of aliphatic carboxylic acids is 1. The van der Waals surface area contributed by atoms with Crippen LogP contribution in [0.3, 0.4) is 0 Å². The van der Waals surface area contributed by atoms with Crippen LogP contribution in [0.1, 0.15) is 43.8 Å². The Balaban J connectivity index is 1.12. The zero-order valence-electron chi connectivity index (χ0n) is 20.3. The Hall–Kier alpha value is -1.88. The van der Waals surface area contributed by atoms with Gasteiger partial charge in [-0.15, -0.1) is 11.8 Å². The van der Waals surface area contributed by atoms with Gasteiger partial charge in [0.05, 0.1) is 24.6 Å². The van der Waals surface area contributed by atoms with Crippen molar-refractivity contribution in [2.75, 3.05) is 6.54 Å². The number of aryl methyl sites for hydroxylation is 1. The molecule has 0 unspecified atom stereocenters. The van der Waals surface area contributed by atoms with Crippen molar-refractivity contribution in [3.05, 3.63) is 33.7 Å². The minimum absolute atomic E-state index is 0.0771. The first kappa shape index (κ1) is 23.5. The highest BCUT2D eigenvalue weighted by atomic mass is 32.2. The van der Waals surface area contributed by atoms with E-state index in [2.05, 4.69) is 33.6 Å². The summed E-state index contributed by atoms with van der Waals surface area (Å²) in [6, 6.07) is 0.103. The Bertz CT molecular complexity index is 1230. The molecule has 1 saturated carbocycles. The van der Waals surface area contributed by atoms with Crippen LogP contribution in [0, 0.1) is 24.7 Å². The number of carboxylic acid groups (broad SMARTS) is 1. The molecule has 188 valence electrons. The van der Waals surface area contributed by atoms with Gasteiger partial charge in [0.1, 0.15) is 18.1 Å². The highest BCUT2D eigenvalue weighted by Crippen LogP contribution is 2.51. The molecule has 6 rings (SSSR count). The first-order valence-electron chi connectivity index (χ1n) is 12.6. The van der Waals surface area contributed by atoms with E-state index in [-0.39, 0.29) is 28.8 Å². The lowest BCUT2D eigenvalue weighted by atomic mass is 9.79. The molecule has 3 aliphatic heterocycles. The molecule has 3 N–H and O–H groups in total. The van der Waals surface area contributed by atoms with E-state index < -0.39 is 18.0 Å². The zero-order valence-corrected chi connectivity index (χ0v) is 21.9. The quantitative estimate of drug-likeness (QED) is 0.367. The number of thioether (sulfide) groups is 1. The van der Waals surface area contributed by atoms with Gasteiger partial charge in [-0.05, 0) is 32.1 Å². The molecule has 0 aromatic carbocycles. The van der Waals surface area contributed by atoms with Crippen molar-refractivity contribution in [1.29, 1.82) is 0 Å².